The number of nitriles is 2. The molecule has 2 aromatic heterocycles. The number of nitrogens with one attached hydrogen (secondary N) is 1. The molecule has 6 rings (SSSR count). The van der Waals surface area contributed by atoms with Crippen LogP contribution in [0.4, 0.5) is 14.7 Å². The van der Waals surface area contributed by atoms with Gasteiger partial charge >= 0.3 is 0 Å². The van der Waals surface area contributed by atoms with Crippen molar-refractivity contribution in [3.05, 3.63) is 41.1 Å². The molecule has 10 heteroatoms. The van der Waals surface area contributed by atoms with Gasteiger partial charge in [-0.3, -0.25) is 4.68 Å². The highest BCUT2D eigenvalue weighted by Crippen LogP contribution is 2.67. The SMILES string of the molecule is Cc1cc(/C=C/C#N)cc(C)c1Oc1nc(NC23CC(C#N)(C2)C3)nc2nn(CC(F)F)cc12. The Morgan fingerprint density at radius 1 is 1.21 bits per heavy atom. The summed E-state index contributed by atoms with van der Waals surface area (Å²) in [4.78, 5) is 8.99. The van der Waals surface area contributed by atoms with Gasteiger partial charge in [0.15, 0.2) is 5.65 Å². The second-order valence-corrected chi connectivity index (χ2v) is 9.21. The molecule has 0 radical (unpaired) electrons. The van der Waals surface area contributed by atoms with Gasteiger partial charge < -0.3 is 10.1 Å². The first kappa shape index (κ1) is 21.8. The summed E-state index contributed by atoms with van der Waals surface area (Å²) in [6.45, 7) is 3.20. The average Bonchev–Trinajstić information content (AvgIpc) is 3.12. The molecule has 8 nitrogen and oxygen atoms in total. The van der Waals surface area contributed by atoms with Crippen molar-refractivity contribution in [2.75, 3.05) is 5.32 Å². The predicted octanol–water partition coefficient (Wildman–Crippen LogP) is 4.90. The van der Waals surface area contributed by atoms with Crippen molar-refractivity contribution < 1.29 is 13.5 Å². The zero-order valence-electron chi connectivity index (χ0n) is 18.6. The van der Waals surface area contributed by atoms with Gasteiger partial charge in [0.1, 0.15) is 17.7 Å². The molecule has 1 N–H and O–H groups in total. The van der Waals surface area contributed by atoms with Gasteiger partial charge in [-0.1, -0.05) is 0 Å². The third-order valence-electron chi connectivity index (χ3n) is 6.39. The molecule has 34 heavy (non-hydrogen) atoms. The molecule has 2 bridgehead atoms. The summed E-state index contributed by atoms with van der Waals surface area (Å²) in [5, 5.41) is 26.0. The first-order valence-corrected chi connectivity index (χ1v) is 10.8. The summed E-state index contributed by atoms with van der Waals surface area (Å²) in [6, 6.07) is 8.11. The lowest BCUT2D eigenvalue weighted by Crippen LogP contribution is -2.70. The van der Waals surface area contributed by atoms with Crippen LogP contribution in [0.1, 0.15) is 36.0 Å². The molecular formula is C24H21F2N7O. The Morgan fingerprint density at radius 3 is 2.53 bits per heavy atom. The molecule has 172 valence electrons. The summed E-state index contributed by atoms with van der Waals surface area (Å²) in [6.07, 6.45) is 4.18. The van der Waals surface area contributed by atoms with E-state index in [2.05, 4.69) is 26.5 Å². The van der Waals surface area contributed by atoms with E-state index in [1.165, 1.54) is 12.3 Å². The number of alkyl halides is 2. The van der Waals surface area contributed by atoms with Crippen molar-refractivity contribution in [2.24, 2.45) is 5.41 Å². The van der Waals surface area contributed by atoms with Crippen LogP contribution in [0.3, 0.4) is 0 Å². The quantitative estimate of drug-likeness (QED) is 0.498. The number of aryl methyl sites for hydroxylation is 2. The minimum Gasteiger partial charge on any atom is -0.437 e. The summed E-state index contributed by atoms with van der Waals surface area (Å²) >= 11 is 0. The lowest BCUT2D eigenvalue weighted by atomic mass is 9.40. The number of fused-ring (bicyclic) bond motifs is 1. The summed E-state index contributed by atoms with van der Waals surface area (Å²) < 4.78 is 33.3. The summed E-state index contributed by atoms with van der Waals surface area (Å²) in [5.74, 6) is 1.08. The monoisotopic (exact) mass is 461 g/mol. The van der Waals surface area contributed by atoms with E-state index < -0.39 is 13.0 Å². The number of aromatic nitrogens is 4. The van der Waals surface area contributed by atoms with Crippen LogP contribution in [0.5, 0.6) is 11.6 Å². The molecule has 0 spiro atoms. The minimum atomic E-state index is -2.56. The lowest BCUT2D eigenvalue weighted by molar-refractivity contribution is -0.0665. The molecule has 0 amide bonds. The van der Waals surface area contributed by atoms with Gasteiger partial charge in [0.25, 0.3) is 6.43 Å². The highest BCUT2D eigenvalue weighted by Gasteiger charge is 2.69. The maximum absolute atomic E-state index is 13.0. The van der Waals surface area contributed by atoms with Crippen LogP contribution >= 0.6 is 0 Å². The van der Waals surface area contributed by atoms with Crippen LogP contribution in [-0.2, 0) is 6.54 Å². The number of rotatable bonds is 7. The van der Waals surface area contributed by atoms with E-state index >= 15 is 0 Å². The minimum absolute atomic E-state index is 0.209. The molecule has 3 aromatic rings. The number of halogens is 2. The Bertz CT molecular complexity index is 1370. The van der Waals surface area contributed by atoms with E-state index in [0.29, 0.717) is 17.1 Å². The number of hydrogen-bond donors (Lipinski definition) is 1. The smallest absolute Gasteiger partial charge is 0.257 e. The normalized spacial score (nSPS) is 22.8. The van der Waals surface area contributed by atoms with Crippen LogP contribution in [0.25, 0.3) is 17.1 Å². The number of ether oxygens (including phenoxy) is 1. The number of benzene rings is 1. The van der Waals surface area contributed by atoms with Gasteiger partial charge in [-0.2, -0.15) is 25.6 Å². The number of allylic oxidation sites excluding steroid dienone is 1. The molecule has 0 atom stereocenters. The van der Waals surface area contributed by atoms with Gasteiger partial charge in [-0.25, -0.2) is 8.78 Å². The fourth-order valence-corrected chi connectivity index (χ4v) is 5.04. The fourth-order valence-electron chi connectivity index (χ4n) is 5.04. The number of anilines is 1. The second kappa shape index (κ2) is 7.77. The maximum atomic E-state index is 13.0. The van der Waals surface area contributed by atoms with Crippen molar-refractivity contribution in [3.63, 3.8) is 0 Å². The van der Waals surface area contributed by atoms with Crippen molar-refractivity contribution in [3.8, 4) is 23.8 Å². The number of hydrogen-bond acceptors (Lipinski definition) is 7. The van der Waals surface area contributed by atoms with E-state index in [9.17, 15) is 14.0 Å². The molecule has 1 aromatic carbocycles. The van der Waals surface area contributed by atoms with E-state index in [-0.39, 0.29) is 22.5 Å². The first-order valence-electron chi connectivity index (χ1n) is 10.8. The largest absolute Gasteiger partial charge is 0.437 e. The van der Waals surface area contributed by atoms with E-state index in [4.69, 9.17) is 10.00 Å². The van der Waals surface area contributed by atoms with Crippen LogP contribution in [-0.4, -0.2) is 31.7 Å². The van der Waals surface area contributed by atoms with Gasteiger partial charge in [-0.05, 0) is 68.0 Å². The molecule has 3 aliphatic carbocycles. The molecule has 2 heterocycles. The Morgan fingerprint density at radius 2 is 1.91 bits per heavy atom. The predicted molar refractivity (Wildman–Crippen MR) is 120 cm³/mol. The standard InChI is InChI=1S/C24H21F2N7O/c1-14-6-16(4-3-5-27)7-15(2)19(14)34-21-17-8-33(9-18(25)26)32-20(17)29-22(30-21)31-24-10-23(11-24,12-24)13-28/h3-4,6-8,18H,9-12H2,1-2H3,(H,29,31,32)/b4-3+. The highest BCUT2D eigenvalue weighted by molar-refractivity contribution is 5.81. The van der Waals surface area contributed by atoms with Crippen molar-refractivity contribution in [2.45, 2.75) is 51.6 Å². The third kappa shape index (κ3) is 3.71. The van der Waals surface area contributed by atoms with Crippen LogP contribution in [0.2, 0.25) is 0 Å². The maximum Gasteiger partial charge on any atom is 0.257 e. The Hall–Kier alpha value is -4.05. The van der Waals surface area contributed by atoms with Gasteiger partial charge in [-0.15, -0.1) is 0 Å². The lowest BCUT2D eigenvalue weighted by Gasteiger charge is -2.66. The molecule has 3 saturated carbocycles. The average molecular weight is 461 g/mol. The third-order valence-corrected chi connectivity index (χ3v) is 6.39. The topological polar surface area (TPSA) is 112 Å². The molecular weight excluding hydrogens is 440 g/mol. The Kier molecular flexibility index (Phi) is 4.98. The Labute approximate surface area is 194 Å². The zero-order chi connectivity index (χ0) is 24.1. The van der Waals surface area contributed by atoms with E-state index in [1.807, 2.05) is 32.0 Å². The van der Waals surface area contributed by atoms with Gasteiger partial charge in [0, 0.05) is 17.8 Å². The molecule has 0 unspecified atom stereocenters. The van der Waals surface area contributed by atoms with Crippen LogP contribution < -0.4 is 10.1 Å². The summed E-state index contributed by atoms with van der Waals surface area (Å²) in [7, 11) is 0. The van der Waals surface area contributed by atoms with Gasteiger partial charge in [0.05, 0.1) is 17.6 Å². The van der Waals surface area contributed by atoms with E-state index in [0.717, 1.165) is 40.6 Å². The first-order chi connectivity index (χ1) is 16.2. The summed E-state index contributed by atoms with van der Waals surface area (Å²) in [5.41, 5.74) is 2.30. The van der Waals surface area contributed by atoms with Gasteiger partial charge in [0.2, 0.25) is 11.8 Å². The molecule has 0 saturated heterocycles. The molecule has 0 aliphatic heterocycles. The molecule has 3 aliphatic rings. The molecule has 3 fully saturated rings. The Balaban J connectivity index is 1.51. The van der Waals surface area contributed by atoms with E-state index in [1.54, 1.807) is 6.08 Å². The second-order valence-electron chi connectivity index (χ2n) is 9.21. The fraction of sp³-hybridized carbons (Fsp3) is 0.375. The number of nitrogens with zero attached hydrogens (tertiary/aromatic N) is 6. The van der Waals surface area contributed by atoms with Crippen molar-refractivity contribution >= 4 is 23.1 Å². The van der Waals surface area contributed by atoms with Crippen molar-refractivity contribution in [1.82, 2.24) is 19.7 Å². The zero-order valence-corrected chi connectivity index (χ0v) is 18.6. The van der Waals surface area contributed by atoms with Crippen LogP contribution in [0.15, 0.2) is 24.4 Å². The van der Waals surface area contributed by atoms with Crippen LogP contribution in [0, 0.1) is 41.9 Å². The highest BCUT2D eigenvalue weighted by atomic mass is 19.3. The van der Waals surface area contributed by atoms with Crippen molar-refractivity contribution in [1.29, 1.82) is 10.5 Å².